The summed E-state index contributed by atoms with van der Waals surface area (Å²) in [5.41, 5.74) is 7.56. The average molecular weight is 254 g/mol. The maximum absolute atomic E-state index is 9.18. The van der Waals surface area contributed by atoms with Crippen molar-refractivity contribution in [2.75, 3.05) is 6.61 Å². The second kappa shape index (κ2) is 4.64. The van der Waals surface area contributed by atoms with Crippen molar-refractivity contribution < 1.29 is 5.11 Å². The topological polar surface area (TPSA) is 64.1 Å². The third-order valence-corrected chi connectivity index (χ3v) is 3.04. The fourth-order valence-corrected chi connectivity index (χ4v) is 2.25. The highest BCUT2D eigenvalue weighted by Gasteiger charge is 2.19. The molecule has 0 fully saturated rings. The number of para-hydroxylation sites is 1. The Morgan fingerprint density at radius 3 is 2.76 bits per heavy atom. The van der Waals surface area contributed by atoms with Crippen molar-refractivity contribution in [2.45, 2.75) is 25.9 Å². The van der Waals surface area contributed by atoms with Gasteiger partial charge in [-0.25, -0.2) is 4.98 Å². The first-order chi connectivity index (χ1) is 8.06. The first-order valence-electron chi connectivity index (χ1n) is 5.59. The minimum absolute atomic E-state index is 0.131. The molecule has 5 heteroatoms. The molecule has 1 aromatic carbocycles. The van der Waals surface area contributed by atoms with E-state index in [2.05, 4.69) is 4.98 Å². The molecule has 0 saturated heterocycles. The Bertz CT molecular complexity index is 536. The molecule has 1 aromatic heterocycles. The lowest BCUT2D eigenvalue weighted by Crippen LogP contribution is -2.21. The van der Waals surface area contributed by atoms with Crippen LogP contribution in [0.25, 0.3) is 11.0 Å². The first kappa shape index (κ1) is 12.4. The number of halogens is 1. The largest absolute Gasteiger partial charge is 0.394 e. The molecular weight excluding hydrogens is 238 g/mol. The van der Waals surface area contributed by atoms with Crippen molar-refractivity contribution in [1.82, 2.24) is 9.55 Å². The standard InChI is InChI=1S/C12H16ClN3O/c1-7(2)16-11-8(13)4-3-5-10(11)15-12(16)9(14)6-17/h3-5,7,9,17H,6,14H2,1-2H3. The highest BCUT2D eigenvalue weighted by Crippen LogP contribution is 2.29. The van der Waals surface area contributed by atoms with E-state index in [1.807, 2.05) is 36.6 Å². The van der Waals surface area contributed by atoms with Gasteiger partial charge < -0.3 is 15.4 Å². The fourth-order valence-electron chi connectivity index (χ4n) is 1.99. The van der Waals surface area contributed by atoms with Crippen LogP contribution in [0.4, 0.5) is 0 Å². The summed E-state index contributed by atoms with van der Waals surface area (Å²) >= 11 is 6.20. The first-order valence-corrected chi connectivity index (χ1v) is 5.96. The highest BCUT2D eigenvalue weighted by molar-refractivity contribution is 6.35. The van der Waals surface area contributed by atoms with Gasteiger partial charge in [-0.1, -0.05) is 17.7 Å². The van der Waals surface area contributed by atoms with Crippen molar-refractivity contribution >= 4 is 22.6 Å². The molecule has 0 aliphatic carbocycles. The van der Waals surface area contributed by atoms with Crippen LogP contribution in [0.3, 0.4) is 0 Å². The predicted molar refractivity (Wildman–Crippen MR) is 69.1 cm³/mol. The molecule has 2 aromatic rings. The van der Waals surface area contributed by atoms with Crippen molar-refractivity contribution in [3.8, 4) is 0 Å². The number of hydrogen-bond donors (Lipinski definition) is 2. The zero-order chi connectivity index (χ0) is 12.6. The van der Waals surface area contributed by atoms with Crippen molar-refractivity contribution in [3.05, 3.63) is 29.0 Å². The Balaban J connectivity index is 2.76. The molecule has 4 nitrogen and oxygen atoms in total. The van der Waals surface area contributed by atoms with Crippen LogP contribution in [0.5, 0.6) is 0 Å². The predicted octanol–water partition coefficient (Wildman–Crippen LogP) is 2.26. The second-order valence-electron chi connectivity index (χ2n) is 4.33. The van der Waals surface area contributed by atoms with Crippen LogP contribution in [0.1, 0.15) is 31.8 Å². The Kier molecular flexibility index (Phi) is 3.38. The van der Waals surface area contributed by atoms with Gasteiger partial charge in [0, 0.05) is 6.04 Å². The van der Waals surface area contributed by atoms with E-state index in [4.69, 9.17) is 17.3 Å². The van der Waals surface area contributed by atoms with E-state index in [0.717, 1.165) is 11.0 Å². The summed E-state index contributed by atoms with van der Waals surface area (Å²) in [4.78, 5) is 4.46. The number of aromatic nitrogens is 2. The lowest BCUT2D eigenvalue weighted by Gasteiger charge is -2.16. The van der Waals surface area contributed by atoms with Gasteiger partial charge in [0.1, 0.15) is 5.82 Å². The summed E-state index contributed by atoms with van der Waals surface area (Å²) in [6.07, 6.45) is 0. The number of aliphatic hydroxyl groups is 1. The smallest absolute Gasteiger partial charge is 0.129 e. The van der Waals surface area contributed by atoms with Gasteiger partial charge in [-0.15, -0.1) is 0 Å². The molecule has 0 spiro atoms. The molecule has 0 saturated carbocycles. The highest BCUT2D eigenvalue weighted by atomic mass is 35.5. The third-order valence-electron chi connectivity index (χ3n) is 2.73. The Labute approximate surface area is 105 Å². The van der Waals surface area contributed by atoms with Gasteiger partial charge in [0.25, 0.3) is 0 Å². The second-order valence-corrected chi connectivity index (χ2v) is 4.74. The normalized spacial score (nSPS) is 13.5. The molecule has 3 N–H and O–H groups in total. The number of nitrogens with two attached hydrogens (primary N) is 1. The van der Waals surface area contributed by atoms with E-state index in [1.54, 1.807) is 0 Å². The molecular formula is C12H16ClN3O. The number of hydrogen-bond acceptors (Lipinski definition) is 3. The molecule has 17 heavy (non-hydrogen) atoms. The lowest BCUT2D eigenvalue weighted by molar-refractivity contribution is 0.260. The lowest BCUT2D eigenvalue weighted by atomic mass is 10.2. The maximum atomic E-state index is 9.18. The minimum Gasteiger partial charge on any atom is -0.394 e. The summed E-state index contributed by atoms with van der Waals surface area (Å²) < 4.78 is 1.98. The van der Waals surface area contributed by atoms with Gasteiger partial charge in [-0.3, -0.25) is 0 Å². The van der Waals surface area contributed by atoms with Crippen LogP contribution in [-0.4, -0.2) is 21.3 Å². The van der Waals surface area contributed by atoms with Crippen LogP contribution >= 0.6 is 11.6 Å². The molecule has 1 atom stereocenters. The van der Waals surface area contributed by atoms with Gasteiger partial charge in [0.15, 0.2) is 0 Å². The molecule has 0 aliphatic rings. The van der Waals surface area contributed by atoms with E-state index in [1.165, 1.54) is 0 Å². The number of aliphatic hydroxyl groups excluding tert-OH is 1. The van der Waals surface area contributed by atoms with E-state index in [9.17, 15) is 5.11 Å². The molecule has 0 bridgehead atoms. The van der Waals surface area contributed by atoms with Gasteiger partial charge in [-0.05, 0) is 26.0 Å². The van der Waals surface area contributed by atoms with Crippen LogP contribution in [-0.2, 0) is 0 Å². The molecule has 92 valence electrons. The fraction of sp³-hybridized carbons (Fsp3) is 0.417. The minimum atomic E-state index is -0.485. The Morgan fingerprint density at radius 1 is 1.47 bits per heavy atom. The molecule has 2 rings (SSSR count). The third kappa shape index (κ3) is 2.04. The van der Waals surface area contributed by atoms with E-state index in [0.29, 0.717) is 10.8 Å². The number of rotatable bonds is 3. The van der Waals surface area contributed by atoms with Crippen molar-refractivity contribution in [1.29, 1.82) is 0 Å². The van der Waals surface area contributed by atoms with Crippen LogP contribution in [0.15, 0.2) is 18.2 Å². The molecule has 1 unspecified atom stereocenters. The SMILES string of the molecule is CC(C)n1c(C(N)CO)nc2cccc(Cl)c21. The number of nitrogens with zero attached hydrogens (tertiary/aromatic N) is 2. The van der Waals surface area contributed by atoms with Crippen LogP contribution in [0.2, 0.25) is 5.02 Å². The zero-order valence-corrected chi connectivity index (χ0v) is 10.6. The summed E-state index contributed by atoms with van der Waals surface area (Å²) in [6, 6.07) is 5.29. The number of imidazole rings is 1. The molecule has 0 radical (unpaired) electrons. The molecule has 0 aliphatic heterocycles. The van der Waals surface area contributed by atoms with Gasteiger partial charge in [-0.2, -0.15) is 0 Å². The van der Waals surface area contributed by atoms with Crippen molar-refractivity contribution in [2.24, 2.45) is 5.73 Å². The van der Waals surface area contributed by atoms with E-state index in [-0.39, 0.29) is 12.6 Å². The van der Waals surface area contributed by atoms with Gasteiger partial charge in [0.05, 0.1) is 28.7 Å². The average Bonchev–Trinajstić information content (AvgIpc) is 2.68. The van der Waals surface area contributed by atoms with E-state index < -0.39 is 6.04 Å². The van der Waals surface area contributed by atoms with Gasteiger partial charge >= 0.3 is 0 Å². The Hall–Kier alpha value is -1.10. The van der Waals surface area contributed by atoms with E-state index >= 15 is 0 Å². The monoisotopic (exact) mass is 253 g/mol. The Morgan fingerprint density at radius 2 is 2.18 bits per heavy atom. The number of benzene rings is 1. The summed E-state index contributed by atoms with van der Waals surface area (Å²) in [5, 5.41) is 9.83. The molecule has 1 heterocycles. The maximum Gasteiger partial charge on any atom is 0.129 e. The van der Waals surface area contributed by atoms with Crippen LogP contribution in [0, 0.1) is 0 Å². The number of fused-ring (bicyclic) bond motifs is 1. The van der Waals surface area contributed by atoms with Gasteiger partial charge in [0.2, 0.25) is 0 Å². The summed E-state index contributed by atoms with van der Waals surface area (Å²) in [5.74, 6) is 0.672. The van der Waals surface area contributed by atoms with Crippen LogP contribution < -0.4 is 5.73 Å². The van der Waals surface area contributed by atoms with Crippen molar-refractivity contribution in [3.63, 3.8) is 0 Å². The zero-order valence-electron chi connectivity index (χ0n) is 9.89. The summed E-state index contributed by atoms with van der Waals surface area (Å²) in [6.45, 7) is 3.95. The quantitative estimate of drug-likeness (QED) is 0.882. The summed E-state index contributed by atoms with van der Waals surface area (Å²) in [7, 11) is 0. The molecule has 0 amide bonds.